The second kappa shape index (κ2) is 8.91. The van der Waals surface area contributed by atoms with E-state index >= 15 is 0 Å². The van der Waals surface area contributed by atoms with Crippen LogP contribution in [0.15, 0.2) is 82.7 Å². The molecule has 0 amide bonds. The molecular formula is C23H18N6O4S2. The third-order valence-corrected chi connectivity index (χ3v) is 7.10. The SMILES string of the molecule is COc1ccccc1-c1c(-c2ccnc(Nc3cccc(S(N)(=O)=O)c3)n2)sc2nccc(=O)n12. The Morgan fingerprint density at radius 2 is 1.83 bits per heavy atom. The summed E-state index contributed by atoms with van der Waals surface area (Å²) in [6.07, 6.45) is 3.04. The molecule has 0 aliphatic carbocycles. The van der Waals surface area contributed by atoms with Crippen molar-refractivity contribution < 1.29 is 13.2 Å². The molecule has 0 fully saturated rings. The summed E-state index contributed by atoms with van der Waals surface area (Å²) in [4.78, 5) is 27.2. The zero-order chi connectivity index (χ0) is 24.6. The monoisotopic (exact) mass is 506 g/mol. The van der Waals surface area contributed by atoms with E-state index in [1.165, 1.54) is 40.1 Å². The van der Waals surface area contributed by atoms with Crippen LogP contribution in [0.2, 0.25) is 0 Å². The van der Waals surface area contributed by atoms with Gasteiger partial charge in [-0.2, -0.15) is 0 Å². The first-order chi connectivity index (χ1) is 16.8. The molecule has 0 atom stereocenters. The van der Waals surface area contributed by atoms with Crippen molar-refractivity contribution in [2.75, 3.05) is 12.4 Å². The van der Waals surface area contributed by atoms with Crippen molar-refractivity contribution in [2.45, 2.75) is 4.90 Å². The number of anilines is 2. The summed E-state index contributed by atoms with van der Waals surface area (Å²) in [6.45, 7) is 0. The van der Waals surface area contributed by atoms with Gasteiger partial charge in [0.2, 0.25) is 16.0 Å². The summed E-state index contributed by atoms with van der Waals surface area (Å²) < 4.78 is 30.5. The number of sulfonamides is 1. The highest BCUT2D eigenvalue weighted by atomic mass is 32.2. The number of nitrogens with one attached hydrogen (secondary N) is 1. The summed E-state index contributed by atoms with van der Waals surface area (Å²) in [5.41, 5.74) is 2.07. The van der Waals surface area contributed by atoms with Gasteiger partial charge in [0.25, 0.3) is 5.56 Å². The molecule has 5 rings (SSSR count). The van der Waals surface area contributed by atoms with Crippen LogP contribution >= 0.6 is 11.3 Å². The second-order valence-corrected chi connectivity index (χ2v) is 9.88. The lowest BCUT2D eigenvalue weighted by Crippen LogP contribution is -2.12. The number of rotatable bonds is 6. The number of methoxy groups -OCH3 is 1. The Kier molecular flexibility index (Phi) is 5.76. The lowest BCUT2D eigenvalue weighted by Gasteiger charge is -2.11. The number of benzene rings is 2. The molecule has 176 valence electrons. The van der Waals surface area contributed by atoms with Gasteiger partial charge in [-0.05, 0) is 36.4 Å². The molecule has 35 heavy (non-hydrogen) atoms. The Bertz CT molecular complexity index is 1730. The van der Waals surface area contributed by atoms with Gasteiger partial charge in [-0.15, -0.1) is 0 Å². The number of hydrogen-bond acceptors (Lipinski definition) is 9. The number of fused-ring (bicyclic) bond motifs is 1. The smallest absolute Gasteiger partial charge is 0.258 e. The number of nitrogens with two attached hydrogens (primary N) is 1. The van der Waals surface area contributed by atoms with Gasteiger partial charge in [-0.1, -0.05) is 29.5 Å². The molecule has 0 unspecified atom stereocenters. The van der Waals surface area contributed by atoms with Crippen molar-refractivity contribution in [2.24, 2.45) is 5.14 Å². The van der Waals surface area contributed by atoms with Crippen LogP contribution in [0.25, 0.3) is 26.8 Å². The molecule has 0 saturated carbocycles. The minimum atomic E-state index is -3.86. The van der Waals surface area contributed by atoms with E-state index in [-0.39, 0.29) is 16.4 Å². The molecule has 12 heteroatoms. The van der Waals surface area contributed by atoms with Crippen LogP contribution in [0.3, 0.4) is 0 Å². The molecule has 3 N–H and O–H groups in total. The Labute approximate surface area is 203 Å². The summed E-state index contributed by atoms with van der Waals surface area (Å²) in [5.74, 6) is 0.828. The zero-order valence-electron chi connectivity index (χ0n) is 18.2. The minimum absolute atomic E-state index is 0.0351. The molecule has 3 heterocycles. The molecule has 5 aromatic rings. The molecule has 0 aliphatic heterocycles. The van der Waals surface area contributed by atoms with E-state index in [1.54, 1.807) is 31.5 Å². The Morgan fingerprint density at radius 1 is 1.03 bits per heavy atom. The molecule has 0 spiro atoms. The van der Waals surface area contributed by atoms with E-state index in [0.717, 1.165) is 0 Å². The molecule has 10 nitrogen and oxygen atoms in total. The van der Waals surface area contributed by atoms with E-state index in [4.69, 9.17) is 9.88 Å². The second-order valence-electron chi connectivity index (χ2n) is 7.34. The fourth-order valence-corrected chi connectivity index (χ4v) is 5.24. The lowest BCUT2D eigenvalue weighted by atomic mass is 10.1. The van der Waals surface area contributed by atoms with Crippen LogP contribution in [-0.4, -0.2) is 34.9 Å². The molecule has 2 aromatic carbocycles. The lowest BCUT2D eigenvalue weighted by molar-refractivity contribution is 0.416. The number of para-hydroxylation sites is 1. The third kappa shape index (κ3) is 4.37. The Morgan fingerprint density at radius 3 is 2.63 bits per heavy atom. The molecule has 0 saturated heterocycles. The zero-order valence-corrected chi connectivity index (χ0v) is 19.9. The normalized spacial score (nSPS) is 11.5. The van der Waals surface area contributed by atoms with E-state index in [0.29, 0.717) is 38.2 Å². The van der Waals surface area contributed by atoms with Crippen molar-refractivity contribution in [3.63, 3.8) is 0 Å². The summed E-state index contributed by atoms with van der Waals surface area (Å²) >= 11 is 1.31. The van der Waals surface area contributed by atoms with Gasteiger partial charge in [0.1, 0.15) is 5.75 Å². The first-order valence-electron chi connectivity index (χ1n) is 10.2. The number of ether oxygens (including phenoxy) is 1. The van der Waals surface area contributed by atoms with Gasteiger partial charge in [-0.3, -0.25) is 9.20 Å². The average molecular weight is 507 g/mol. The maximum absolute atomic E-state index is 12.8. The average Bonchev–Trinajstić information content (AvgIpc) is 3.25. The highest BCUT2D eigenvalue weighted by molar-refractivity contribution is 7.89. The largest absolute Gasteiger partial charge is 0.496 e. The third-order valence-electron chi connectivity index (χ3n) is 5.11. The van der Waals surface area contributed by atoms with E-state index in [2.05, 4.69) is 20.3 Å². The van der Waals surface area contributed by atoms with Crippen LogP contribution < -0.4 is 20.8 Å². The fraction of sp³-hybridized carbons (Fsp3) is 0.0435. The Hall–Kier alpha value is -4.13. The number of thiazole rings is 1. The first-order valence-corrected chi connectivity index (χ1v) is 12.6. The number of hydrogen-bond donors (Lipinski definition) is 2. The fourth-order valence-electron chi connectivity index (χ4n) is 3.59. The highest BCUT2D eigenvalue weighted by Gasteiger charge is 2.21. The molecule has 0 bridgehead atoms. The predicted molar refractivity (Wildman–Crippen MR) is 133 cm³/mol. The van der Waals surface area contributed by atoms with Gasteiger partial charge >= 0.3 is 0 Å². The minimum Gasteiger partial charge on any atom is -0.496 e. The number of primary sulfonamides is 1. The van der Waals surface area contributed by atoms with Crippen LogP contribution in [0.5, 0.6) is 5.75 Å². The van der Waals surface area contributed by atoms with Crippen molar-refractivity contribution >= 4 is 38.0 Å². The first kappa shape index (κ1) is 22.7. The van der Waals surface area contributed by atoms with Gasteiger partial charge < -0.3 is 10.1 Å². The van der Waals surface area contributed by atoms with Crippen molar-refractivity contribution in [1.82, 2.24) is 19.4 Å². The summed E-state index contributed by atoms with van der Waals surface area (Å²) in [7, 11) is -2.29. The van der Waals surface area contributed by atoms with Gasteiger partial charge in [0.15, 0.2) is 4.96 Å². The van der Waals surface area contributed by atoms with Crippen LogP contribution in [0.4, 0.5) is 11.6 Å². The van der Waals surface area contributed by atoms with E-state index in [9.17, 15) is 13.2 Å². The molecule has 0 radical (unpaired) electrons. The van der Waals surface area contributed by atoms with Gasteiger partial charge in [-0.25, -0.2) is 28.5 Å². The maximum atomic E-state index is 12.8. The highest BCUT2D eigenvalue weighted by Crippen LogP contribution is 2.41. The van der Waals surface area contributed by atoms with Crippen molar-refractivity contribution in [3.8, 4) is 27.6 Å². The van der Waals surface area contributed by atoms with Crippen LogP contribution in [0, 0.1) is 0 Å². The van der Waals surface area contributed by atoms with Gasteiger partial charge in [0.05, 0.1) is 28.3 Å². The maximum Gasteiger partial charge on any atom is 0.258 e. The van der Waals surface area contributed by atoms with Crippen molar-refractivity contribution in [1.29, 1.82) is 0 Å². The summed E-state index contributed by atoms with van der Waals surface area (Å²) in [6, 6.07) is 16.5. The Balaban J connectivity index is 1.65. The summed E-state index contributed by atoms with van der Waals surface area (Å²) in [5, 5.41) is 8.24. The van der Waals surface area contributed by atoms with E-state index < -0.39 is 10.0 Å². The number of nitrogens with zero attached hydrogens (tertiary/aromatic N) is 4. The van der Waals surface area contributed by atoms with Crippen LogP contribution in [0.1, 0.15) is 0 Å². The standard InChI is InChI=1S/C23H18N6O4S2/c1-33-18-8-3-2-7-16(18)20-21(34-23-26-12-10-19(30)29(20)23)17-9-11-25-22(28-17)27-14-5-4-6-15(13-14)35(24,31)32/h2-13H,1H3,(H2,24,31,32)(H,25,27,28). The molecular weight excluding hydrogens is 488 g/mol. The van der Waals surface area contributed by atoms with Crippen LogP contribution in [-0.2, 0) is 10.0 Å². The van der Waals surface area contributed by atoms with Crippen molar-refractivity contribution in [3.05, 3.63) is 83.4 Å². The molecule has 3 aromatic heterocycles. The molecule has 0 aliphatic rings. The van der Waals surface area contributed by atoms with Gasteiger partial charge in [0, 0.05) is 29.7 Å². The number of aromatic nitrogens is 4. The van der Waals surface area contributed by atoms with E-state index in [1.807, 2.05) is 24.3 Å². The topological polar surface area (TPSA) is 142 Å². The predicted octanol–water partition coefficient (Wildman–Crippen LogP) is 3.28. The quantitative estimate of drug-likeness (QED) is 0.357.